The van der Waals surface area contributed by atoms with Crippen molar-refractivity contribution in [3.05, 3.63) is 0 Å². The lowest BCUT2D eigenvalue weighted by Crippen LogP contribution is -3.00. The maximum absolute atomic E-state index is 6.28. The molecule has 0 amide bonds. The van der Waals surface area contributed by atoms with E-state index in [2.05, 4.69) is 7.05 Å². The van der Waals surface area contributed by atoms with E-state index in [1.807, 2.05) is 0 Å². The van der Waals surface area contributed by atoms with Crippen molar-refractivity contribution in [3.63, 3.8) is 0 Å². The number of morpholine rings is 1. The van der Waals surface area contributed by atoms with Crippen LogP contribution in [0.15, 0.2) is 0 Å². The van der Waals surface area contributed by atoms with Gasteiger partial charge in [-0.15, -0.1) is 0 Å². The van der Waals surface area contributed by atoms with Crippen LogP contribution in [0, 0.1) is 0 Å². The molecule has 0 aromatic carbocycles. The molecule has 3 rings (SSSR count). The van der Waals surface area contributed by atoms with Crippen LogP contribution in [0.1, 0.15) is 32.1 Å². The summed E-state index contributed by atoms with van der Waals surface area (Å²) in [4.78, 5) is 0. The van der Waals surface area contributed by atoms with E-state index in [1.54, 1.807) is 0 Å². The van der Waals surface area contributed by atoms with Crippen LogP contribution in [0.4, 0.5) is 0 Å². The van der Waals surface area contributed by atoms with Gasteiger partial charge in [0.2, 0.25) is 0 Å². The third kappa shape index (κ3) is 3.81. The van der Waals surface area contributed by atoms with Gasteiger partial charge in [-0.25, -0.2) is 0 Å². The molecule has 5 heteroatoms. The first-order valence-corrected chi connectivity index (χ1v) is 7.43. The van der Waals surface area contributed by atoms with Gasteiger partial charge in [-0.1, -0.05) is 6.42 Å². The van der Waals surface area contributed by atoms with Crippen molar-refractivity contribution in [1.29, 1.82) is 0 Å². The minimum absolute atomic E-state index is 0. The number of rotatable bonds is 2. The van der Waals surface area contributed by atoms with Gasteiger partial charge < -0.3 is 42.7 Å². The zero-order chi connectivity index (χ0) is 12.5. The van der Waals surface area contributed by atoms with E-state index in [4.69, 9.17) is 14.2 Å². The minimum Gasteiger partial charge on any atom is -1.00 e. The Morgan fingerprint density at radius 3 is 2.47 bits per heavy atom. The summed E-state index contributed by atoms with van der Waals surface area (Å²) >= 11 is 0. The number of hydrogen-bond acceptors (Lipinski definition) is 3. The topological polar surface area (TPSA) is 27.7 Å². The molecule has 4 nitrogen and oxygen atoms in total. The van der Waals surface area contributed by atoms with Crippen molar-refractivity contribution in [2.75, 3.05) is 46.5 Å². The van der Waals surface area contributed by atoms with Gasteiger partial charge in [0.05, 0.1) is 26.9 Å². The standard InChI is InChI=1S/C14H26NO3.HI/c1-15(7-9-16-10-8-15)11-13-12-17-14(18-13)5-3-2-4-6-14;/h13H,2-12H2,1H3;1H/q+1;/p-1. The summed E-state index contributed by atoms with van der Waals surface area (Å²) in [6.45, 7) is 5.84. The zero-order valence-electron chi connectivity index (χ0n) is 11.9. The molecule has 3 aliphatic rings. The molecule has 112 valence electrons. The second kappa shape index (κ2) is 6.56. The van der Waals surface area contributed by atoms with Gasteiger partial charge in [-0.2, -0.15) is 0 Å². The monoisotopic (exact) mass is 383 g/mol. The van der Waals surface area contributed by atoms with Crippen molar-refractivity contribution in [2.24, 2.45) is 0 Å². The van der Waals surface area contributed by atoms with Crippen molar-refractivity contribution < 1.29 is 42.7 Å². The minimum atomic E-state index is -0.214. The number of quaternary nitrogens is 1. The fourth-order valence-electron chi connectivity index (χ4n) is 3.52. The van der Waals surface area contributed by atoms with E-state index in [1.165, 1.54) is 19.3 Å². The van der Waals surface area contributed by atoms with Crippen LogP contribution in [0.5, 0.6) is 0 Å². The third-order valence-corrected chi connectivity index (χ3v) is 4.72. The Morgan fingerprint density at radius 2 is 1.79 bits per heavy atom. The van der Waals surface area contributed by atoms with Crippen molar-refractivity contribution in [1.82, 2.24) is 0 Å². The molecule has 0 N–H and O–H groups in total. The highest BCUT2D eigenvalue weighted by Crippen LogP contribution is 2.38. The normalized spacial score (nSPS) is 33.0. The maximum atomic E-state index is 6.28. The largest absolute Gasteiger partial charge is 1.00 e. The molecule has 1 atom stereocenters. The Bertz CT molecular complexity index is 288. The smallest absolute Gasteiger partial charge is 0.169 e. The second-order valence-electron chi connectivity index (χ2n) is 6.38. The first kappa shape index (κ1) is 15.9. The Kier molecular flexibility index (Phi) is 5.50. The van der Waals surface area contributed by atoms with Crippen LogP contribution in [0.3, 0.4) is 0 Å². The highest BCUT2D eigenvalue weighted by atomic mass is 127. The molecule has 19 heavy (non-hydrogen) atoms. The lowest BCUT2D eigenvalue weighted by molar-refractivity contribution is -0.919. The van der Waals surface area contributed by atoms with Crippen LogP contribution in [-0.4, -0.2) is 62.9 Å². The Morgan fingerprint density at radius 1 is 1.11 bits per heavy atom. The Balaban J connectivity index is 0.00000133. The molecule has 1 unspecified atom stereocenters. The van der Waals surface area contributed by atoms with Gasteiger partial charge in [0.1, 0.15) is 25.7 Å². The van der Waals surface area contributed by atoms with Crippen molar-refractivity contribution >= 4 is 0 Å². The van der Waals surface area contributed by atoms with Gasteiger partial charge in [0.15, 0.2) is 5.79 Å². The van der Waals surface area contributed by atoms with Crippen molar-refractivity contribution in [2.45, 2.75) is 44.0 Å². The number of nitrogens with zero attached hydrogens (tertiary/aromatic N) is 1. The molecule has 0 radical (unpaired) electrons. The number of likely N-dealkylation sites (N-methyl/N-ethyl adjacent to an activating group) is 1. The van der Waals surface area contributed by atoms with Gasteiger partial charge >= 0.3 is 0 Å². The molecular formula is C14H26INO3. The predicted molar refractivity (Wildman–Crippen MR) is 68.2 cm³/mol. The fourth-order valence-corrected chi connectivity index (χ4v) is 3.52. The van der Waals surface area contributed by atoms with Gasteiger partial charge in [-0.05, 0) is 12.8 Å². The number of halogens is 1. The molecule has 0 bridgehead atoms. The Hall–Kier alpha value is 0.570. The van der Waals surface area contributed by atoms with Crippen LogP contribution >= 0.6 is 0 Å². The van der Waals surface area contributed by atoms with Crippen LogP contribution in [-0.2, 0) is 14.2 Å². The lowest BCUT2D eigenvalue weighted by atomic mass is 9.94. The molecule has 3 fully saturated rings. The van der Waals surface area contributed by atoms with Gasteiger partial charge in [0.25, 0.3) is 0 Å². The summed E-state index contributed by atoms with van der Waals surface area (Å²) in [5.41, 5.74) is 0. The molecular weight excluding hydrogens is 357 g/mol. The van der Waals surface area contributed by atoms with Gasteiger partial charge in [0, 0.05) is 12.8 Å². The van der Waals surface area contributed by atoms with Gasteiger partial charge in [-0.3, -0.25) is 0 Å². The number of ether oxygens (including phenoxy) is 3. The number of hydrogen-bond donors (Lipinski definition) is 0. The SMILES string of the molecule is C[N+]1(CC2COC3(CCCCC3)O2)CCOCC1.[I-]. The average molecular weight is 383 g/mol. The van der Waals surface area contributed by atoms with Crippen LogP contribution in [0.2, 0.25) is 0 Å². The summed E-state index contributed by atoms with van der Waals surface area (Å²) < 4.78 is 18.8. The highest BCUT2D eigenvalue weighted by Gasteiger charge is 2.44. The Labute approximate surface area is 133 Å². The zero-order valence-corrected chi connectivity index (χ0v) is 14.1. The summed E-state index contributed by atoms with van der Waals surface area (Å²) in [5.74, 6) is -0.214. The third-order valence-electron chi connectivity index (χ3n) is 4.72. The van der Waals surface area contributed by atoms with Crippen LogP contribution < -0.4 is 24.0 Å². The van der Waals surface area contributed by atoms with E-state index in [0.29, 0.717) is 0 Å². The molecule has 1 spiro atoms. The lowest BCUT2D eigenvalue weighted by Gasteiger charge is -2.39. The van der Waals surface area contributed by atoms with E-state index in [-0.39, 0.29) is 35.9 Å². The second-order valence-corrected chi connectivity index (χ2v) is 6.38. The molecule has 0 aromatic rings. The average Bonchev–Trinajstić information content (AvgIpc) is 2.73. The van der Waals surface area contributed by atoms with E-state index >= 15 is 0 Å². The predicted octanol–water partition coefficient (Wildman–Crippen LogP) is -1.46. The summed E-state index contributed by atoms with van der Waals surface area (Å²) in [6, 6.07) is 0. The molecule has 1 aliphatic carbocycles. The van der Waals surface area contributed by atoms with Crippen molar-refractivity contribution in [3.8, 4) is 0 Å². The van der Waals surface area contributed by atoms with E-state index < -0.39 is 0 Å². The first-order chi connectivity index (χ1) is 8.70. The van der Waals surface area contributed by atoms with E-state index in [0.717, 1.165) is 56.8 Å². The summed E-state index contributed by atoms with van der Waals surface area (Å²) in [7, 11) is 2.32. The quantitative estimate of drug-likeness (QED) is 0.431. The fraction of sp³-hybridized carbons (Fsp3) is 1.00. The highest BCUT2D eigenvalue weighted by molar-refractivity contribution is 4.82. The molecule has 1 saturated carbocycles. The summed E-state index contributed by atoms with van der Waals surface area (Å²) in [6.07, 6.45) is 6.32. The molecule has 2 heterocycles. The molecule has 2 saturated heterocycles. The first-order valence-electron chi connectivity index (χ1n) is 7.43. The van der Waals surface area contributed by atoms with Crippen LogP contribution in [0.25, 0.3) is 0 Å². The van der Waals surface area contributed by atoms with E-state index in [9.17, 15) is 0 Å². The molecule has 0 aromatic heterocycles. The molecule has 2 aliphatic heterocycles. The summed E-state index contributed by atoms with van der Waals surface area (Å²) in [5, 5.41) is 0. The maximum Gasteiger partial charge on any atom is 0.169 e.